The van der Waals surface area contributed by atoms with Crippen molar-refractivity contribution in [1.29, 1.82) is 0 Å². The van der Waals surface area contributed by atoms with Crippen LogP contribution < -0.4 is 15.5 Å². The van der Waals surface area contributed by atoms with Gasteiger partial charge in [0.15, 0.2) is 5.58 Å². The molecule has 170 valence electrons. The van der Waals surface area contributed by atoms with Crippen LogP contribution in [0.4, 0.5) is 10.5 Å². The van der Waals surface area contributed by atoms with Crippen LogP contribution in [0.15, 0.2) is 40.9 Å². The van der Waals surface area contributed by atoms with Crippen LogP contribution in [-0.4, -0.2) is 55.4 Å². The molecule has 7 nitrogen and oxygen atoms in total. The summed E-state index contributed by atoms with van der Waals surface area (Å²) in [6, 6.07) is 12.4. The van der Waals surface area contributed by atoms with Gasteiger partial charge in [-0.05, 0) is 63.1 Å². The van der Waals surface area contributed by atoms with Gasteiger partial charge in [0.2, 0.25) is 0 Å². The van der Waals surface area contributed by atoms with Crippen LogP contribution in [0.5, 0.6) is 0 Å². The maximum absolute atomic E-state index is 12.2. The van der Waals surface area contributed by atoms with Crippen molar-refractivity contribution in [2.45, 2.75) is 33.7 Å². The minimum absolute atomic E-state index is 0.173. The molecule has 0 radical (unpaired) electrons. The quantitative estimate of drug-likeness (QED) is 0.553. The van der Waals surface area contributed by atoms with Gasteiger partial charge in [-0.2, -0.15) is 0 Å². The van der Waals surface area contributed by atoms with E-state index in [9.17, 15) is 4.79 Å². The lowest BCUT2D eigenvalue weighted by molar-refractivity contribution is 0.235. The number of urea groups is 1. The van der Waals surface area contributed by atoms with Gasteiger partial charge in [-0.3, -0.25) is 4.90 Å². The Balaban J connectivity index is 1.14. The average Bonchev–Trinajstić information content (AvgIpc) is 3.19. The van der Waals surface area contributed by atoms with E-state index < -0.39 is 0 Å². The van der Waals surface area contributed by atoms with Crippen LogP contribution in [-0.2, 0) is 6.54 Å². The van der Waals surface area contributed by atoms with E-state index in [1.165, 1.54) is 16.8 Å². The van der Waals surface area contributed by atoms with Crippen molar-refractivity contribution < 1.29 is 9.32 Å². The number of benzene rings is 2. The van der Waals surface area contributed by atoms with Gasteiger partial charge in [-0.1, -0.05) is 28.9 Å². The summed E-state index contributed by atoms with van der Waals surface area (Å²) in [6.07, 6.45) is 0.934. The number of hydrogen-bond donors (Lipinski definition) is 2. The summed E-state index contributed by atoms with van der Waals surface area (Å²) in [7, 11) is 0. The molecular formula is C25H33N5O2. The number of rotatable bonds is 7. The zero-order valence-corrected chi connectivity index (χ0v) is 19.3. The minimum atomic E-state index is -0.173. The van der Waals surface area contributed by atoms with Gasteiger partial charge in [-0.25, -0.2) is 4.79 Å². The third-order valence-electron chi connectivity index (χ3n) is 6.13. The molecule has 2 amide bonds. The first-order chi connectivity index (χ1) is 15.5. The number of amides is 2. The van der Waals surface area contributed by atoms with E-state index >= 15 is 0 Å². The van der Waals surface area contributed by atoms with Crippen molar-refractivity contribution in [1.82, 2.24) is 20.7 Å². The van der Waals surface area contributed by atoms with Crippen molar-refractivity contribution in [3.63, 3.8) is 0 Å². The number of nitrogens with zero attached hydrogens (tertiary/aromatic N) is 3. The molecule has 0 saturated carbocycles. The van der Waals surface area contributed by atoms with Gasteiger partial charge < -0.3 is 20.1 Å². The highest BCUT2D eigenvalue weighted by Gasteiger charge is 2.18. The van der Waals surface area contributed by atoms with Crippen LogP contribution >= 0.6 is 0 Å². The van der Waals surface area contributed by atoms with Crippen LogP contribution in [0.2, 0.25) is 0 Å². The number of piperazine rings is 1. The van der Waals surface area contributed by atoms with E-state index in [1.807, 2.05) is 25.1 Å². The Morgan fingerprint density at radius 3 is 2.56 bits per heavy atom. The Kier molecular flexibility index (Phi) is 6.95. The van der Waals surface area contributed by atoms with Crippen LogP contribution in [0.25, 0.3) is 11.0 Å². The van der Waals surface area contributed by atoms with E-state index in [2.05, 4.69) is 57.6 Å². The van der Waals surface area contributed by atoms with Gasteiger partial charge in [0.05, 0.1) is 6.54 Å². The highest BCUT2D eigenvalue weighted by molar-refractivity contribution is 5.81. The fourth-order valence-corrected chi connectivity index (χ4v) is 4.23. The summed E-state index contributed by atoms with van der Waals surface area (Å²) in [4.78, 5) is 17.1. The first-order valence-corrected chi connectivity index (χ1v) is 11.4. The van der Waals surface area contributed by atoms with Gasteiger partial charge in [-0.15, -0.1) is 0 Å². The maximum atomic E-state index is 12.2. The molecule has 2 heterocycles. The first kappa shape index (κ1) is 22.1. The zero-order valence-electron chi connectivity index (χ0n) is 19.3. The fraction of sp³-hybridized carbons (Fsp3) is 0.440. The molecule has 3 aromatic rings. The maximum Gasteiger partial charge on any atom is 0.315 e. The van der Waals surface area contributed by atoms with Crippen molar-refractivity contribution in [3.8, 4) is 0 Å². The molecule has 1 aromatic heterocycles. The first-order valence-electron chi connectivity index (χ1n) is 11.4. The molecule has 4 rings (SSSR count). The number of carbonyl (C=O) groups is 1. The number of anilines is 1. The van der Waals surface area contributed by atoms with E-state index in [-0.39, 0.29) is 6.03 Å². The molecule has 1 aliphatic heterocycles. The number of aryl methyl sites for hydroxylation is 3. The summed E-state index contributed by atoms with van der Waals surface area (Å²) in [6.45, 7) is 12.6. The lowest BCUT2D eigenvalue weighted by atomic mass is 10.1. The molecule has 2 aromatic carbocycles. The second-order valence-electron chi connectivity index (χ2n) is 8.71. The van der Waals surface area contributed by atoms with Crippen LogP contribution in [0.3, 0.4) is 0 Å². The minimum Gasteiger partial charge on any atom is -0.369 e. The summed E-state index contributed by atoms with van der Waals surface area (Å²) in [5.41, 5.74) is 6.64. The third-order valence-corrected chi connectivity index (χ3v) is 6.13. The number of hydrogen-bond acceptors (Lipinski definition) is 5. The van der Waals surface area contributed by atoms with E-state index in [1.54, 1.807) is 0 Å². The monoisotopic (exact) mass is 435 g/mol. The number of nitrogens with one attached hydrogen (secondary N) is 2. The SMILES string of the molecule is Cc1ccc(C)c(N2CCN(CCCNC(=O)NCc3noc4ccc(C)cc34)CC2)c1. The Hall–Kier alpha value is -3.06. The lowest BCUT2D eigenvalue weighted by Gasteiger charge is -2.37. The highest BCUT2D eigenvalue weighted by atomic mass is 16.5. The molecule has 1 saturated heterocycles. The standard InChI is InChI=1S/C25H33N5O2/c1-18-6-8-24-21(15-18)22(28-32-24)17-27-25(31)26-9-4-10-29-11-13-30(14-12-29)23-16-19(2)5-7-20(23)3/h5-8,15-16H,4,9-14,17H2,1-3H3,(H2,26,27,31). The van der Waals surface area contributed by atoms with Crippen LogP contribution in [0, 0.1) is 20.8 Å². The van der Waals surface area contributed by atoms with Gasteiger partial charge in [0.25, 0.3) is 0 Å². The molecule has 0 aliphatic carbocycles. The molecule has 0 atom stereocenters. The third kappa shape index (κ3) is 5.40. The summed E-state index contributed by atoms with van der Waals surface area (Å²) >= 11 is 0. The summed E-state index contributed by atoms with van der Waals surface area (Å²) in [5.74, 6) is 0. The van der Waals surface area contributed by atoms with E-state index in [4.69, 9.17) is 4.52 Å². The Morgan fingerprint density at radius 1 is 1.00 bits per heavy atom. The second kappa shape index (κ2) is 10.0. The van der Waals surface area contributed by atoms with E-state index in [0.717, 1.165) is 61.4 Å². The van der Waals surface area contributed by atoms with Crippen LogP contribution in [0.1, 0.15) is 28.8 Å². The van der Waals surface area contributed by atoms with Crippen molar-refractivity contribution in [2.24, 2.45) is 0 Å². The highest BCUT2D eigenvalue weighted by Crippen LogP contribution is 2.23. The van der Waals surface area contributed by atoms with E-state index in [0.29, 0.717) is 13.1 Å². The average molecular weight is 436 g/mol. The Morgan fingerprint density at radius 2 is 1.75 bits per heavy atom. The molecule has 0 spiro atoms. The molecule has 0 unspecified atom stereocenters. The molecule has 1 aliphatic rings. The smallest absolute Gasteiger partial charge is 0.315 e. The topological polar surface area (TPSA) is 73.6 Å². The molecule has 0 bridgehead atoms. The second-order valence-corrected chi connectivity index (χ2v) is 8.71. The summed E-state index contributed by atoms with van der Waals surface area (Å²) in [5, 5.41) is 10.8. The fourth-order valence-electron chi connectivity index (χ4n) is 4.23. The Labute approximate surface area is 189 Å². The number of fused-ring (bicyclic) bond motifs is 1. The van der Waals surface area contributed by atoms with Crippen molar-refractivity contribution in [3.05, 3.63) is 58.8 Å². The molecule has 2 N–H and O–H groups in total. The molecule has 7 heteroatoms. The predicted octanol–water partition coefficient (Wildman–Crippen LogP) is 3.76. The number of aromatic nitrogens is 1. The summed E-state index contributed by atoms with van der Waals surface area (Å²) < 4.78 is 5.32. The Bertz CT molecular complexity index is 1070. The molecule has 1 fully saturated rings. The zero-order chi connectivity index (χ0) is 22.5. The van der Waals surface area contributed by atoms with Gasteiger partial charge >= 0.3 is 6.03 Å². The lowest BCUT2D eigenvalue weighted by Crippen LogP contribution is -2.47. The largest absolute Gasteiger partial charge is 0.369 e. The van der Waals surface area contributed by atoms with Crippen molar-refractivity contribution >= 4 is 22.7 Å². The van der Waals surface area contributed by atoms with Gasteiger partial charge in [0.1, 0.15) is 5.69 Å². The normalized spacial score (nSPS) is 14.7. The van der Waals surface area contributed by atoms with Gasteiger partial charge in [0, 0.05) is 43.8 Å². The van der Waals surface area contributed by atoms with Crippen molar-refractivity contribution in [2.75, 3.05) is 44.2 Å². The number of carbonyl (C=O) groups excluding carboxylic acids is 1. The molecule has 32 heavy (non-hydrogen) atoms. The molecular weight excluding hydrogens is 402 g/mol. The predicted molar refractivity (Wildman–Crippen MR) is 128 cm³/mol.